The summed E-state index contributed by atoms with van der Waals surface area (Å²) in [6.45, 7) is 11.0. The number of rotatable bonds is 0. The van der Waals surface area contributed by atoms with Crippen LogP contribution in [0.15, 0.2) is 0 Å². The molecule has 0 unspecified atom stereocenters. The lowest BCUT2D eigenvalue weighted by Crippen LogP contribution is -2.35. The van der Waals surface area contributed by atoms with Gasteiger partial charge >= 0.3 is 0 Å². The molecule has 6 aliphatic rings. The molecule has 0 aromatic carbocycles. The van der Waals surface area contributed by atoms with Gasteiger partial charge in [-0.25, -0.2) is 17.6 Å². The van der Waals surface area contributed by atoms with E-state index in [4.69, 9.17) is 9.47 Å². The molecule has 0 N–H and O–H groups in total. The van der Waals surface area contributed by atoms with E-state index in [1.54, 1.807) is 13.8 Å². The van der Waals surface area contributed by atoms with Gasteiger partial charge in [0.25, 0.3) is 0 Å². The second-order valence-electron chi connectivity index (χ2n) is 11.7. The predicted octanol–water partition coefficient (Wildman–Crippen LogP) is 5.28. The van der Waals surface area contributed by atoms with Gasteiger partial charge in [-0.3, -0.25) is 0 Å². The maximum absolute atomic E-state index is 14.1. The van der Waals surface area contributed by atoms with Crippen LogP contribution in [0.4, 0.5) is 17.6 Å². The van der Waals surface area contributed by atoms with Crippen LogP contribution in [-0.2, 0) is 9.47 Å². The van der Waals surface area contributed by atoms with Gasteiger partial charge < -0.3 is 9.47 Å². The second-order valence-corrected chi connectivity index (χ2v) is 11.7. The van der Waals surface area contributed by atoms with Crippen molar-refractivity contribution in [1.29, 1.82) is 0 Å². The van der Waals surface area contributed by atoms with Crippen molar-refractivity contribution in [2.24, 2.45) is 21.7 Å². The summed E-state index contributed by atoms with van der Waals surface area (Å²) < 4.78 is 67.2. The molecule has 2 nitrogen and oxygen atoms in total. The minimum absolute atomic E-state index is 0.218. The Balaban J connectivity index is 0.000000122. The SMILES string of the molecule is C[C@@H]1O[C@H]2[C@](C)(C[C@]3(F)C[C@]23C)[C@@H]1F.C[C@@H]1O[C@H]2[C@](C)(C[C@]3(F)C[C@]23C)[C@@H]1F. The largest absolute Gasteiger partial charge is 0.371 e. The molecule has 6 rings (SSSR count). The third kappa shape index (κ3) is 1.94. The molecule has 0 amide bonds. The summed E-state index contributed by atoms with van der Waals surface area (Å²) in [4.78, 5) is 0. The van der Waals surface area contributed by atoms with Gasteiger partial charge in [-0.2, -0.15) is 0 Å². The van der Waals surface area contributed by atoms with Gasteiger partial charge in [0.15, 0.2) is 0 Å². The summed E-state index contributed by atoms with van der Waals surface area (Å²) in [6, 6.07) is 0. The van der Waals surface area contributed by atoms with Crippen LogP contribution in [-0.4, -0.2) is 48.1 Å². The van der Waals surface area contributed by atoms with Crippen molar-refractivity contribution in [3.05, 3.63) is 0 Å². The first-order valence-corrected chi connectivity index (χ1v) is 10.6. The molecule has 2 aliphatic heterocycles. The Kier molecular flexibility index (Phi) is 3.45. The monoisotopic (exact) mass is 404 g/mol. The highest BCUT2D eigenvalue weighted by atomic mass is 19.2. The van der Waals surface area contributed by atoms with Crippen LogP contribution >= 0.6 is 0 Å². The average molecular weight is 404 g/mol. The fourth-order valence-corrected chi connectivity index (χ4v) is 7.84. The Labute approximate surface area is 164 Å². The lowest BCUT2D eigenvalue weighted by Gasteiger charge is -2.28. The number of fused-ring (bicyclic) bond motifs is 6. The Bertz CT molecular complexity index is 675. The number of hydrogen-bond acceptors (Lipinski definition) is 2. The van der Waals surface area contributed by atoms with E-state index in [2.05, 4.69) is 0 Å². The Morgan fingerprint density at radius 2 is 0.964 bits per heavy atom. The molecular weight excluding hydrogens is 372 g/mol. The van der Waals surface area contributed by atoms with Gasteiger partial charge in [0.2, 0.25) is 0 Å². The number of halogens is 4. The summed E-state index contributed by atoms with van der Waals surface area (Å²) in [7, 11) is 0. The van der Waals surface area contributed by atoms with Gasteiger partial charge in [-0.05, 0) is 39.5 Å². The third-order valence-electron chi connectivity index (χ3n) is 9.56. The van der Waals surface area contributed by atoms with Crippen molar-refractivity contribution < 1.29 is 27.0 Å². The first-order chi connectivity index (χ1) is 12.7. The smallest absolute Gasteiger partial charge is 0.134 e. The van der Waals surface area contributed by atoms with Crippen LogP contribution in [0.3, 0.4) is 0 Å². The van der Waals surface area contributed by atoms with E-state index in [1.807, 2.05) is 27.7 Å². The maximum Gasteiger partial charge on any atom is 0.134 e. The lowest BCUT2D eigenvalue weighted by molar-refractivity contribution is -0.00954. The molecule has 4 aliphatic carbocycles. The molecule has 0 aromatic rings. The van der Waals surface area contributed by atoms with Gasteiger partial charge in [0.1, 0.15) is 23.7 Å². The van der Waals surface area contributed by atoms with Gasteiger partial charge in [-0.15, -0.1) is 0 Å². The van der Waals surface area contributed by atoms with Crippen molar-refractivity contribution in [3.63, 3.8) is 0 Å². The molecule has 0 spiro atoms. The molecule has 2 heterocycles. The standard InChI is InChI=1S/2C11H16F2O/c2*1-6-7(12)9(2)4-11(13)5-10(11,3)8(9)14-6/h2*6-8H,4-5H2,1-3H3/t2*6-,7+,8-,9+,10+,11-/m00/s1. The first kappa shape index (κ1) is 19.6. The van der Waals surface area contributed by atoms with E-state index in [0.29, 0.717) is 25.7 Å². The molecule has 2 saturated heterocycles. The van der Waals surface area contributed by atoms with E-state index in [0.717, 1.165) is 0 Å². The van der Waals surface area contributed by atoms with Crippen LogP contribution in [0.5, 0.6) is 0 Å². The van der Waals surface area contributed by atoms with E-state index in [9.17, 15) is 17.6 Å². The second kappa shape index (κ2) is 4.92. The molecule has 12 atom stereocenters. The molecule has 6 fully saturated rings. The number of hydrogen-bond donors (Lipinski definition) is 0. The third-order valence-corrected chi connectivity index (χ3v) is 9.56. The quantitative estimate of drug-likeness (QED) is 0.512. The Hall–Kier alpha value is -0.360. The van der Waals surface area contributed by atoms with E-state index in [-0.39, 0.29) is 24.4 Å². The molecule has 0 aromatic heterocycles. The fraction of sp³-hybridized carbons (Fsp3) is 1.00. The van der Waals surface area contributed by atoms with Crippen molar-refractivity contribution in [1.82, 2.24) is 0 Å². The van der Waals surface area contributed by atoms with E-state index >= 15 is 0 Å². The summed E-state index contributed by atoms with van der Waals surface area (Å²) >= 11 is 0. The molecule has 28 heavy (non-hydrogen) atoms. The normalized spacial score (nSPS) is 70.5. The lowest BCUT2D eigenvalue weighted by atomic mass is 9.77. The van der Waals surface area contributed by atoms with Crippen LogP contribution in [0.25, 0.3) is 0 Å². The average Bonchev–Trinajstić information content (AvgIpc) is 3.17. The Morgan fingerprint density at radius 1 is 0.643 bits per heavy atom. The highest BCUT2D eigenvalue weighted by Crippen LogP contribution is 2.78. The minimum Gasteiger partial charge on any atom is -0.371 e. The molecule has 160 valence electrons. The summed E-state index contributed by atoms with van der Waals surface area (Å²) in [5, 5.41) is 0. The minimum atomic E-state index is -1.14. The molecule has 6 heteroatoms. The van der Waals surface area contributed by atoms with Gasteiger partial charge in [0, 0.05) is 21.7 Å². The zero-order valence-electron chi connectivity index (χ0n) is 17.6. The van der Waals surface area contributed by atoms with Crippen LogP contribution in [0.2, 0.25) is 0 Å². The van der Waals surface area contributed by atoms with Gasteiger partial charge in [-0.1, -0.05) is 27.7 Å². The van der Waals surface area contributed by atoms with Crippen molar-refractivity contribution >= 4 is 0 Å². The van der Waals surface area contributed by atoms with Crippen LogP contribution in [0.1, 0.15) is 67.2 Å². The summed E-state index contributed by atoms with van der Waals surface area (Å²) in [5.74, 6) is 0. The maximum atomic E-state index is 14.1. The predicted molar refractivity (Wildman–Crippen MR) is 97.0 cm³/mol. The highest BCUT2D eigenvalue weighted by Gasteiger charge is 2.84. The zero-order chi connectivity index (χ0) is 20.7. The van der Waals surface area contributed by atoms with Gasteiger partial charge in [0.05, 0.1) is 24.4 Å². The summed E-state index contributed by atoms with van der Waals surface area (Å²) in [5.41, 5.74) is -4.26. The van der Waals surface area contributed by atoms with E-state index in [1.165, 1.54) is 0 Å². The highest BCUT2D eigenvalue weighted by molar-refractivity contribution is 5.32. The fourth-order valence-electron chi connectivity index (χ4n) is 7.84. The van der Waals surface area contributed by atoms with Crippen molar-refractivity contribution in [3.8, 4) is 0 Å². The van der Waals surface area contributed by atoms with Crippen molar-refractivity contribution in [2.75, 3.05) is 0 Å². The van der Waals surface area contributed by atoms with Crippen molar-refractivity contribution in [2.45, 2.75) is 115 Å². The molecular formula is C22H32F4O2. The van der Waals surface area contributed by atoms with E-state index < -0.39 is 45.3 Å². The molecule has 0 bridgehead atoms. The summed E-state index contributed by atoms with van der Waals surface area (Å²) in [6.07, 6.45) is -1.40. The zero-order valence-corrected chi connectivity index (χ0v) is 17.6. The number of alkyl halides is 4. The molecule has 0 radical (unpaired) electrons. The topological polar surface area (TPSA) is 18.5 Å². The number of ether oxygens (including phenoxy) is 2. The Morgan fingerprint density at radius 3 is 1.25 bits per heavy atom. The van der Waals surface area contributed by atoms with Crippen LogP contribution < -0.4 is 0 Å². The molecule has 4 saturated carbocycles. The first-order valence-electron chi connectivity index (χ1n) is 10.6. The van der Waals surface area contributed by atoms with Crippen LogP contribution in [0, 0.1) is 21.7 Å².